The molecule has 14 heavy (non-hydrogen) atoms. The zero-order valence-electron chi connectivity index (χ0n) is 8.91. The van der Waals surface area contributed by atoms with E-state index in [9.17, 15) is 4.79 Å². The lowest BCUT2D eigenvalue weighted by Gasteiger charge is -2.41. The van der Waals surface area contributed by atoms with E-state index in [-0.39, 0.29) is 24.0 Å². The van der Waals surface area contributed by atoms with Crippen molar-refractivity contribution in [3.8, 4) is 6.07 Å². The summed E-state index contributed by atoms with van der Waals surface area (Å²) in [7, 11) is 0. The summed E-state index contributed by atoms with van der Waals surface area (Å²) in [5.74, 6) is -0.101. The lowest BCUT2D eigenvalue weighted by molar-refractivity contribution is -0.157. The van der Waals surface area contributed by atoms with Crippen LogP contribution in [0.3, 0.4) is 0 Å². The molecule has 0 aromatic carbocycles. The van der Waals surface area contributed by atoms with Crippen molar-refractivity contribution < 1.29 is 9.53 Å². The minimum atomic E-state index is -0.303. The van der Waals surface area contributed by atoms with Gasteiger partial charge in [-0.1, -0.05) is 0 Å². The minimum Gasteiger partial charge on any atom is -0.369 e. The van der Waals surface area contributed by atoms with E-state index in [2.05, 4.69) is 0 Å². The fourth-order valence-corrected chi connectivity index (χ4v) is 1.82. The van der Waals surface area contributed by atoms with E-state index in [0.29, 0.717) is 13.1 Å². The molecular formula is C10H16N2O2. The number of morpholine rings is 1. The van der Waals surface area contributed by atoms with Gasteiger partial charge in [-0.05, 0) is 20.8 Å². The first kappa shape index (κ1) is 11.0. The molecule has 1 fully saturated rings. The van der Waals surface area contributed by atoms with E-state index in [4.69, 9.17) is 10.00 Å². The first-order valence-corrected chi connectivity index (χ1v) is 4.77. The Bertz CT molecular complexity index is 268. The number of nitriles is 1. The maximum Gasteiger partial charge on any atom is 0.236 e. The number of nitrogens with zero attached hydrogens (tertiary/aromatic N) is 2. The third-order valence-corrected chi connectivity index (χ3v) is 2.15. The van der Waals surface area contributed by atoms with Crippen LogP contribution in [0.5, 0.6) is 0 Å². The van der Waals surface area contributed by atoms with Crippen molar-refractivity contribution >= 4 is 5.91 Å². The first-order chi connectivity index (χ1) is 6.44. The zero-order valence-corrected chi connectivity index (χ0v) is 8.91. The number of hydrogen-bond donors (Lipinski definition) is 0. The monoisotopic (exact) mass is 196 g/mol. The minimum absolute atomic E-state index is 0.0389. The van der Waals surface area contributed by atoms with Crippen LogP contribution in [-0.4, -0.2) is 35.6 Å². The lowest BCUT2D eigenvalue weighted by Crippen LogP contribution is -2.53. The maximum atomic E-state index is 11.5. The van der Waals surface area contributed by atoms with Gasteiger partial charge in [0.25, 0.3) is 0 Å². The Balaban J connectivity index is 2.63. The second kappa shape index (κ2) is 3.97. The third kappa shape index (κ3) is 2.71. The van der Waals surface area contributed by atoms with Crippen LogP contribution in [0, 0.1) is 11.3 Å². The van der Waals surface area contributed by atoms with E-state index in [1.54, 1.807) is 4.90 Å². The number of ether oxygens (including phenoxy) is 1. The molecule has 1 heterocycles. The average Bonchev–Trinajstić information content (AvgIpc) is 2.00. The molecule has 1 unspecified atom stereocenters. The average molecular weight is 196 g/mol. The van der Waals surface area contributed by atoms with Crippen molar-refractivity contribution in [1.82, 2.24) is 4.90 Å². The molecule has 0 aromatic heterocycles. The maximum absolute atomic E-state index is 11.5. The van der Waals surface area contributed by atoms with Crippen molar-refractivity contribution in [2.45, 2.75) is 38.9 Å². The first-order valence-electron chi connectivity index (χ1n) is 4.77. The summed E-state index contributed by atoms with van der Waals surface area (Å²) in [6.45, 7) is 7.00. The number of carbonyl (C=O) groups excluding carboxylic acids is 1. The van der Waals surface area contributed by atoms with Gasteiger partial charge >= 0.3 is 0 Å². The van der Waals surface area contributed by atoms with E-state index in [0.717, 1.165) is 0 Å². The number of carbonyl (C=O) groups is 1. The summed E-state index contributed by atoms with van der Waals surface area (Å²) in [5, 5.41) is 8.43. The molecule has 1 aliphatic rings. The molecule has 1 saturated heterocycles. The van der Waals surface area contributed by atoms with Crippen LogP contribution in [0.4, 0.5) is 0 Å². The number of hydrogen-bond acceptors (Lipinski definition) is 3. The molecule has 0 radical (unpaired) electrons. The molecule has 1 atom stereocenters. The standard InChI is InChI=1S/C10H16N2O2/c1-8-6-12(9(13)4-5-11)7-10(2,3)14-8/h8H,4,6-7H2,1-3H3. The molecule has 0 aliphatic carbocycles. The molecule has 4 nitrogen and oxygen atoms in total. The molecular weight excluding hydrogens is 180 g/mol. The SMILES string of the molecule is CC1CN(C(=O)CC#N)CC(C)(C)O1. The Labute approximate surface area is 84.4 Å². The fourth-order valence-electron chi connectivity index (χ4n) is 1.82. The smallest absolute Gasteiger partial charge is 0.236 e. The molecule has 78 valence electrons. The van der Waals surface area contributed by atoms with Gasteiger partial charge in [0, 0.05) is 13.1 Å². The Kier molecular flexibility index (Phi) is 3.12. The van der Waals surface area contributed by atoms with Crippen LogP contribution < -0.4 is 0 Å². The molecule has 1 aliphatic heterocycles. The fraction of sp³-hybridized carbons (Fsp3) is 0.800. The summed E-state index contributed by atoms with van der Waals surface area (Å²) < 4.78 is 5.66. The van der Waals surface area contributed by atoms with Gasteiger partial charge in [-0.25, -0.2) is 0 Å². The van der Waals surface area contributed by atoms with Crippen molar-refractivity contribution in [2.75, 3.05) is 13.1 Å². The molecule has 0 bridgehead atoms. The van der Waals surface area contributed by atoms with E-state index in [1.165, 1.54) is 0 Å². The quantitative estimate of drug-likeness (QED) is 0.626. The van der Waals surface area contributed by atoms with Gasteiger partial charge in [-0.2, -0.15) is 5.26 Å². The normalized spacial score (nSPS) is 25.6. The zero-order chi connectivity index (χ0) is 10.8. The Morgan fingerprint density at radius 3 is 2.86 bits per heavy atom. The number of rotatable bonds is 1. The third-order valence-electron chi connectivity index (χ3n) is 2.15. The summed E-state index contributed by atoms with van der Waals surface area (Å²) in [5.41, 5.74) is -0.303. The molecule has 0 saturated carbocycles. The van der Waals surface area contributed by atoms with Gasteiger partial charge in [-0.3, -0.25) is 4.79 Å². The van der Waals surface area contributed by atoms with Gasteiger partial charge in [0.1, 0.15) is 6.42 Å². The van der Waals surface area contributed by atoms with Crippen molar-refractivity contribution in [2.24, 2.45) is 0 Å². The second-order valence-electron chi connectivity index (χ2n) is 4.30. The Morgan fingerprint density at radius 1 is 1.71 bits per heavy atom. The van der Waals surface area contributed by atoms with E-state index in [1.807, 2.05) is 26.8 Å². The highest BCUT2D eigenvalue weighted by Gasteiger charge is 2.33. The van der Waals surface area contributed by atoms with Crippen molar-refractivity contribution in [3.05, 3.63) is 0 Å². The lowest BCUT2D eigenvalue weighted by atomic mass is 10.1. The van der Waals surface area contributed by atoms with Crippen molar-refractivity contribution in [3.63, 3.8) is 0 Å². The highest BCUT2D eigenvalue weighted by atomic mass is 16.5. The van der Waals surface area contributed by atoms with Crippen molar-refractivity contribution in [1.29, 1.82) is 5.26 Å². The van der Waals surface area contributed by atoms with Crippen LogP contribution in [-0.2, 0) is 9.53 Å². The molecule has 0 spiro atoms. The summed E-state index contributed by atoms with van der Waals surface area (Å²) in [6, 6.07) is 1.87. The van der Waals surface area contributed by atoms with Gasteiger partial charge in [-0.15, -0.1) is 0 Å². The van der Waals surface area contributed by atoms with Gasteiger partial charge in [0.05, 0.1) is 17.8 Å². The molecule has 1 rings (SSSR count). The highest BCUT2D eigenvalue weighted by molar-refractivity contribution is 5.78. The molecule has 4 heteroatoms. The second-order valence-corrected chi connectivity index (χ2v) is 4.30. The molecule has 1 amide bonds. The topological polar surface area (TPSA) is 53.3 Å². The van der Waals surface area contributed by atoms with Gasteiger partial charge in [0.15, 0.2) is 0 Å². The predicted octanol–water partition coefficient (Wildman–Crippen LogP) is 0.926. The van der Waals surface area contributed by atoms with Crippen LogP contribution in [0.25, 0.3) is 0 Å². The van der Waals surface area contributed by atoms with Crippen LogP contribution in [0.1, 0.15) is 27.2 Å². The molecule has 0 aromatic rings. The van der Waals surface area contributed by atoms with E-state index >= 15 is 0 Å². The van der Waals surface area contributed by atoms with Gasteiger partial charge in [0.2, 0.25) is 5.91 Å². The van der Waals surface area contributed by atoms with Crippen LogP contribution in [0.2, 0.25) is 0 Å². The Morgan fingerprint density at radius 2 is 2.36 bits per heavy atom. The summed E-state index contributed by atoms with van der Waals surface area (Å²) in [4.78, 5) is 13.2. The van der Waals surface area contributed by atoms with Crippen LogP contribution in [0.15, 0.2) is 0 Å². The highest BCUT2D eigenvalue weighted by Crippen LogP contribution is 2.20. The molecule has 0 N–H and O–H groups in total. The van der Waals surface area contributed by atoms with E-state index < -0.39 is 0 Å². The van der Waals surface area contributed by atoms with Gasteiger partial charge < -0.3 is 9.64 Å². The summed E-state index contributed by atoms with van der Waals surface area (Å²) >= 11 is 0. The summed E-state index contributed by atoms with van der Waals surface area (Å²) in [6.07, 6.45) is 0.00407. The largest absolute Gasteiger partial charge is 0.369 e. The number of amides is 1. The van der Waals surface area contributed by atoms with Crippen LogP contribution >= 0.6 is 0 Å². The predicted molar refractivity (Wildman–Crippen MR) is 51.4 cm³/mol. The Hall–Kier alpha value is -1.08.